The van der Waals surface area contributed by atoms with E-state index in [1.165, 1.54) is 11.1 Å². The zero-order valence-electron chi connectivity index (χ0n) is 16.9. The van der Waals surface area contributed by atoms with Gasteiger partial charge in [0.1, 0.15) is 0 Å². The maximum absolute atomic E-state index is 13.1. The van der Waals surface area contributed by atoms with Gasteiger partial charge in [-0.05, 0) is 43.7 Å². The molecule has 3 heterocycles. The first-order chi connectivity index (χ1) is 13.6. The number of aryl methyl sites for hydroxylation is 2. The third-order valence-electron chi connectivity index (χ3n) is 6.29. The summed E-state index contributed by atoms with van der Waals surface area (Å²) in [5.41, 5.74) is 3.62. The Labute approximate surface area is 166 Å². The Morgan fingerprint density at radius 1 is 1.29 bits per heavy atom. The Morgan fingerprint density at radius 2 is 2.07 bits per heavy atom. The highest BCUT2D eigenvalue weighted by atomic mass is 16.5. The van der Waals surface area contributed by atoms with Crippen molar-refractivity contribution >= 4 is 11.6 Å². The van der Waals surface area contributed by atoms with Crippen molar-refractivity contribution in [2.24, 2.45) is 7.05 Å². The van der Waals surface area contributed by atoms with Crippen LogP contribution in [0.3, 0.4) is 0 Å². The minimum atomic E-state index is -0.141. The molecule has 0 saturated carbocycles. The van der Waals surface area contributed by atoms with E-state index in [1.807, 2.05) is 18.1 Å². The van der Waals surface area contributed by atoms with Crippen LogP contribution in [0.25, 0.3) is 0 Å². The SMILES string of the molecule is Cc1ccccc1C1(CNC2CCCN(c3cnn(C)c3)C2=O)CCOCC1. The third kappa shape index (κ3) is 3.71. The summed E-state index contributed by atoms with van der Waals surface area (Å²) in [7, 11) is 1.88. The summed E-state index contributed by atoms with van der Waals surface area (Å²) >= 11 is 0. The maximum atomic E-state index is 13.1. The molecular weight excluding hydrogens is 352 g/mol. The van der Waals surface area contributed by atoms with Gasteiger partial charge in [0.2, 0.25) is 5.91 Å². The summed E-state index contributed by atoms with van der Waals surface area (Å²) in [5.74, 6) is 0.159. The number of ether oxygens (including phenoxy) is 1. The van der Waals surface area contributed by atoms with E-state index in [-0.39, 0.29) is 17.4 Å². The van der Waals surface area contributed by atoms with Crippen LogP contribution < -0.4 is 10.2 Å². The Kier molecular flexibility index (Phi) is 5.51. The molecule has 1 N–H and O–H groups in total. The average molecular weight is 383 g/mol. The smallest absolute Gasteiger partial charge is 0.244 e. The number of nitrogens with zero attached hydrogens (tertiary/aromatic N) is 3. The highest BCUT2D eigenvalue weighted by Crippen LogP contribution is 2.36. The number of hydrogen-bond acceptors (Lipinski definition) is 4. The van der Waals surface area contributed by atoms with Crippen LogP contribution in [0.4, 0.5) is 5.69 Å². The van der Waals surface area contributed by atoms with Gasteiger partial charge in [-0.3, -0.25) is 9.48 Å². The van der Waals surface area contributed by atoms with Gasteiger partial charge in [0, 0.05) is 45.0 Å². The van der Waals surface area contributed by atoms with Gasteiger partial charge in [-0.2, -0.15) is 5.10 Å². The summed E-state index contributed by atoms with van der Waals surface area (Å²) in [5, 5.41) is 7.86. The van der Waals surface area contributed by atoms with Gasteiger partial charge >= 0.3 is 0 Å². The maximum Gasteiger partial charge on any atom is 0.244 e. The van der Waals surface area contributed by atoms with Crippen LogP contribution in [0.5, 0.6) is 0 Å². The number of benzene rings is 1. The Bertz CT molecular complexity index is 825. The molecule has 6 nitrogen and oxygen atoms in total. The summed E-state index contributed by atoms with van der Waals surface area (Å²) in [6.07, 6.45) is 7.53. The zero-order chi connectivity index (χ0) is 19.6. The molecule has 6 heteroatoms. The molecule has 28 heavy (non-hydrogen) atoms. The van der Waals surface area contributed by atoms with Crippen LogP contribution in [0.15, 0.2) is 36.7 Å². The number of aromatic nitrogens is 2. The van der Waals surface area contributed by atoms with Crippen molar-refractivity contribution in [3.8, 4) is 0 Å². The second-order valence-electron chi connectivity index (χ2n) is 8.15. The van der Waals surface area contributed by atoms with E-state index >= 15 is 0 Å². The number of nitrogens with one attached hydrogen (secondary N) is 1. The summed E-state index contributed by atoms with van der Waals surface area (Å²) < 4.78 is 7.41. The molecule has 0 bridgehead atoms. The van der Waals surface area contributed by atoms with Crippen LogP contribution in [-0.2, 0) is 22.0 Å². The van der Waals surface area contributed by atoms with E-state index in [9.17, 15) is 4.79 Å². The van der Waals surface area contributed by atoms with Gasteiger partial charge in [0.15, 0.2) is 0 Å². The van der Waals surface area contributed by atoms with Crippen LogP contribution >= 0.6 is 0 Å². The summed E-state index contributed by atoms with van der Waals surface area (Å²) in [6, 6.07) is 8.50. The molecule has 2 saturated heterocycles. The number of carbonyl (C=O) groups excluding carboxylic acids is 1. The van der Waals surface area contributed by atoms with Crippen molar-refractivity contribution in [2.45, 2.75) is 44.1 Å². The monoisotopic (exact) mass is 382 g/mol. The molecule has 2 fully saturated rings. The largest absolute Gasteiger partial charge is 0.381 e. The molecular formula is C22H30N4O2. The standard InChI is InChI=1S/C22H30N4O2/c1-17-6-3-4-7-19(17)22(9-12-28-13-10-22)16-23-20-8-5-11-26(21(20)27)18-14-24-25(2)15-18/h3-4,6-7,14-15,20,23H,5,8-13,16H2,1-2H3. The van der Waals surface area contributed by atoms with E-state index < -0.39 is 0 Å². The molecule has 150 valence electrons. The lowest BCUT2D eigenvalue weighted by Gasteiger charge is -2.41. The number of carbonyl (C=O) groups is 1. The fourth-order valence-corrected chi connectivity index (χ4v) is 4.66. The molecule has 1 unspecified atom stereocenters. The van der Waals surface area contributed by atoms with Crippen molar-refractivity contribution in [3.63, 3.8) is 0 Å². The lowest BCUT2D eigenvalue weighted by Crippen LogP contribution is -2.54. The summed E-state index contributed by atoms with van der Waals surface area (Å²) in [4.78, 5) is 15.0. The van der Waals surface area contributed by atoms with Crippen LogP contribution in [-0.4, -0.2) is 48.0 Å². The number of piperidine rings is 1. The summed E-state index contributed by atoms with van der Waals surface area (Å²) in [6.45, 7) is 5.30. The lowest BCUT2D eigenvalue weighted by molar-refractivity contribution is -0.121. The van der Waals surface area contributed by atoms with E-state index in [0.717, 1.165) is 57.7 Å². The van der Waals surface area contributed by atoms with Gasteiger partial charge in [-0.25, -0.2) is 0 Å². The van der Waals surface area contributed by atoms with E-state index in [2.05, 4.69) is 41.6 Å². The molecule has 2 aliphatic heterocycles. The quantitative estimate of drug-likeness (QED) is 0.863. The number of hydrogen-bond donors (Lipinski definition) is 1. The number of anilines is 1. The molecule has 0 spiro atoms. The van der Waals surface area contributed by atoms with Crippen molar-refractivity contribution in [2.75, 3.05) is 31.2 Å². The molecule has 1 amide bonds. The second kappa shape index (κ2) is 8.05. The minimum absolute atomic E-state index is 0.0282. The molecule has 0 radical (unpaired) electrons. The highest BCUT2D eigenvalue weighted by Gasteiger charge is 2.38. The first kappa shape index (κ1) is 19.2. The Balaban J connectivity index is 1.51. The fourth-order valence-electron chi connectivity index (χ4n) is 4.66. The Morgan fingerprint density at radius 3 is 2.79 bits per heavy atom. The predicted molar refractivity (Wildman–Crippen MR) is 109 cm³/mol. The van der Waals surface area contributed by atoms with Crippen molar-refractivity contribution in [1.29, 1.82) is 0 Å². The molecule has 2 aliphatic rings. The highest BCUT2D eigenvalue weighted by molar-refractivity contribution is 5.97. The molecule has 4 rings (SSSR count). The van der Waals surface area contributed by atoms with E-state index in [0.29, 0.717) is 0 Å². The van der Waals surface area contributed by atoms with Crippen molar-refractivity contribution < 1.29 is 9.53 Å². The molecule has 0 aliphatic carbocycles. The second-order valence-corrected chi connectivity index (χ2v) is 8.15. The molecule has 2 aromatic rings. The van der Waals surface area contributed by atoms with Crippen LogP contribution in [0, 0.1) is 6.92 Å². The topological polar surface area (TPSA) is 59.4 Å². The van der Waals surface area contributed by atoms with Crippen LogP contribution in [0.1, 0.15) is 36.8 Å². The first-order valence-electron chi connectivity index (χ1n) is 10.3. The normalized spacial score (nSPS) is 22.4. The van der Waals surface area contributed by atoms with E-state index in [4.69, 9.17) is 4.74 Å². The number of rotatable bonds is 5. The predicted octanol–water partition coefficient (Wildman–Crippen LogP) is 2.56. The van der Waals surface area contributed by atoms with Crippen LogP contribution in [0.2, 0.25) is 0 Å². The first-order valence-corrected chi connectivity index (χ1v) is 10.3. The van der Waals surface area contributed by atoms with Gasteiger partial charge < -0.3 is 15.0 Å². The van der Waals surface area contributed by atoms with Crippen molar-refractivity contribution in [1.82, 2.24) is 15.1 Å². The molecule has 1 aromatic heterocycles. The minimum Gasteiger partial charge on any atom is -0.381 e. The fraction of sp³-hybridized carbons (Fsp3) is 0.545. The van der Waals surface area contributed by atoms with Gasteiger partial charge in [-0.15, -0.1) is 0 Å². The average Bonchev–Trinajstić information content (AvgIpc) is 3.14. The molecule has 1 aromatic carbocycles. The lowest BCUT2D eigenvalue weighted by atomic mass is 9.72. The Hall–Kier alpha value is -2.18. The van der Waals surface area contributed by atoms with Gasteiger partial charge in [0.05, 0.1) is 17.9 Å². The molecule has 1 atom stereocenters. The number of amides is 1. The zero-order valence-corrected chi connectivity index (χ0v) is 16.9. The van der Waals surface area contributed by atoms with Crippen molar-refractivity contribution in [3.05, 3.63) is 47.8 Å². The van der Waals surface area contributed by atoms with Gasteiger partial charge in [0.25, 0.3) is 0 Å². The van der Waals surface area contributed by atoms with E-state index in [1.54, 1.807) is 10.9 Å². The van der Waals surface area contributed by atoms with Gasteiger partial charge in [-0.1, -0.05) is 24.3 Å². The third-order valence-corrected chi connectivity index (χ3v) is 6.29.